The van der Waals surface area contributed by atoms with Gasteiger partial charge in [-0.2, -0.15) is 0 Å². The molecule has 4 heteroatoms. The zero-order chi connectivity index (χ0) is 15.8. The van der Waals surface area contributed by atoms with Gasteiger partial charge in [-0.1, -0.05) is 42.5 Å². The summed E-state index contributed by atoms with van der Waals surface area (Å²) in [4.78, 5) is 11.6. The lowest BCUT2D eigenvalue weighted by Crippen LogP contribution is -2.34. The Bertz CT molecular complexity index is 598. The molecule has 2 rings (SSSR count). The van der Waals surface area contributed by atoms with Gasteiger partial charge in [0.1, 0.15) is 18.4 Å². The predicted molar refractivity (Wildman–Crippen MR) is 85.5 cm³/mol. The van der Waals surface area contributed by atoms with Crippen LogP contribution < -0.4 is 10.5 Å². The van der Waals surface area contributed by atoms with E-state index in [1.807, 2.05) is 54.6 Å². The summed E-state index contributed by atoms with van der Waals surface area (Å²) >= 11 is 0. The number of nitrogens with two attached hydrogens (primary N) is 1. The summed E-state index contributed by atoms with van der Waals surface area (Å²) in [5, 5.41) is 0. The van der Waals surface area contributed by atoms with E-state index in [2.05, 4.69) is 0 Å². The average molecular weight is 299 g/mol. The number of hydrogen-bond donors (Lipinski definition) is 1. The van der Waals surface area contributed by atoms with Crippen LogP contribution in [0.4, 0.5) is 0 Å². The van der Waals surface area contributed by atoms with Crippen LogP contribution in [0.2, 0.25) is 0 Å². The Labute approximate surface area is 130 Å². The van der Waals surface area contributed by atoms with Gasteiger partial charge in [0.25, 0.3) is 0 Å². The van der Waals surface area contributed by atoms with Crippen molar-refractivity contribution in [1.29, 1.82) is 0 Å². The quantitative estimate of drug-likeness (QED) is 0.799. The van der Waals surface area contributed by atoms with Crippen LogP contribution in [0.5, 0.6) is 5.75 Å². The van der Waals surface area contributed by atoms with E-state index in [1.165, 1.54) is 0 Å². The van der Waals surface area contributed by atoms with Crippen molar-refractivity contribution < 1.29 is 14.3 Å². The summed E-state index contributed by atoms with van der Waals surface area (Å²) in [6.45, 7) is 2.61. The molecule has 0 bridgehead atoms. The van der Waals surface area contributed by atoms with Crippen molar-refractivity contribution in [3.8, 4) is 5.75 Å². The Morgan fingerprint density at radius 2 is 1.82 bits per heavy atom. The van der Waals surface area contributed by atoms with Gasteiger partial charge in [0.15, 0.2) is 0 Å². The first-order chi connectivity index (χ1) is 10.7. The molecule has 0 heterocycles. The van der Waals surface area contributed by atoms with Gasteiger partial charge in [0, 0.05) is 0 Å². The summed E-state index contributed by atoms with van der Waals surface area (Å²) in [5.41, 5.74) is 7.89. The average Bonchev–Trinajstić information content (AvgIpc) is 2.54. The molecular weight excluding hydrogens is 278 g/mol. The SMILES string of the molecule is CCOC(=O)C(N)Cc1cccc(OCc2ccccc2)c1. The van der Waals surface area contributed by atoms with Gasteiger partial charge < -0.3 is 15.2 Å². The predicted octanol–water partition coefficient (Wildman–Crippen LogP) is 2.70. The molecule has 4 nitrogen and oxygen atoms in total. The van der Waals surface area contributed by atoms with Crippen LogP contribution >= 0.6 is 0 Å². The van der Waals surface area contributed by atoms with Crippen molar-refractivity contribution >= 4 is 5.97 Å². The fraction of sp³-hybridized carbons (Fsp3) is 0.278. The number of hydrogen-bond acceptors (Lipinski definition) is 4. The Morgan fingerprint density at radius 3 is 2.55 bits per heavy atom. The number of carbonyl (C=O) groups excluding carboxylic acids is 1. The lowest BCUT2D eigenvalue weighted by atomic mass is 10.1. The molecule has 0 radical (unpaired) electrons. The molecule has 0 spiro atoms. The Kier molecular flexibility index (Phi) is 5.98. The van der Waals surface area contributed by atoms with E-state index in [0.717, 1.165) is 16.9 Å². The zero-order valence-electron chi connectivity index (χ0n) is 12.7. The largest absolute Gasteiger partial charge is 0.489 e. The van der Waals surface area contributed by atoms with E-state index in [0.29, 0.717) is 19.6 Å². The van der Waals surface area contributed by atoms with E-state index in [4.69, 9.17) is 15.2 Å². The maximum absolute atomic E-state index is 11.6. The van der Waals surface area contributed by atoms with Crippen LogP contribution in [-0.2, 0) is 22.6 Å². The van der Waals surface area contributed by atoms with Crippen LogP contribution in [0, 0.1) is 0 Å². The number of ether oxygens (including phenoxy) is 2. The second-order valence-corrected chi connectivity index (χ2v) is 4.98. The van der Waals surface area contributed by atoms with Gasteiger partial charge in [0.05, 0.1) is 6.61 Å². The third-order valence-electron chi connectivity index (χ3n) is 3.19. The smallest absolute Gasteiger partial charge is 0.323 e. The highest BCUT2D eigenvalue weighted by Crippen LogP contribution is 2.16. The third-order valence-corrected chi connectivity index (χ3v) is 3.19. The van der Waals surface area contributed by atoms with Crippen molar-refractivity contribution in [2.24, 2.45) is 5.73 Å². The Morgan fingerprint density at radius 1 is 1.09 bits per heavy atom. The van der Waals surface area contributed by atoms with E-state index in [1.54, 1.807) is 6.92 Å². The van der Waals surface area contributed by atoms with Crippen LogP contribution in [-0.4, -0.2) is 18.6 Å². The fourth-order valence-electron chi connectivity index (χ4n) is 2.09. The Hall–Kier alpha value is -2.33. The highest BCUT2D eigenvalue weighted by Gasteiger charge is 2.15. The molecule has 0 saturated carbocycles. The monoisotopic (exact) mass is 299 g/mol. The van der Waals surface area contributed by atoms with Crippen LogP contribution in [0.25, 0.3) is 0 Å². The second-order valence-electron chi connectivity index (χ2n) is 4.98. The molecule has 0 aromatic heterocycles. The minimum Gasteiger partial charge on any atom is -0.489 e. The maximum atomic E-state index is 11.6. The highest BCUT2D eigenvalue weighted by atomic mass is 16.5. The van der Waals surface area contributed by atoms with Crippen LogP contribution in [0.15, 0.2) is 54.6 Å². The van der Waals surface area contributed by atoms with Crippen molar-refractivity contribution in [2.45, 2.75) is 26.0 Å². The number of rotatable bonds is 7. The van der Waals surface area contributed by atoms with Crippen molar-refractivity contribution in [2.75, 3.05) is 6.61 Å². The lowest BCUT2D eigenvalue weighted by molar-refractivity contribution is -0.144. The first-order valence-electron chi connectivity index (χ1n) is 7.37. The van der Waals surface area contributed by atoms with E-state index < -0.39 is 6.04 Å². The number of esters is 1. The first kappa shape index (κ1) is 16.0. The van der Waals surface area contributed by atoms with Crippen molar-refractivity contribution in [1.82, 2.24) is 0 Å². The van der Waals surface area contributed by atoms with Crippen molar-refractivity contribution in [3.63, 3.8) is 0 Å². The summed E-state index contributed by atoms with van der Waals surface area (Å²) < 4.78 is 10.7. The molecule has 0 saturated heterocycles. The van der Waals surface area contributed by atoms with E-state index in [9.17, 15) is 4.79 Å². The number of carbonyl (C=O) groups is 1. The molecular formula is C18H21NO3. The topological polar surface area (TPSA) is 61.5 Å². The Balaban J connectivity index is 1.93. The summed E-state index contributed by atoms with van der Waals surface area (Å²) in [5.74, 6) is 0.385. The van der Waals surface area contributed by atoms with Crippen LogP contribution in [0.1, 0.15) is 18.1 Å². The molecule has 2 aromatic rings. The molecule has 0 amide bonds. The lowest BCUT2D eigenvalue weighted by Gasteiger charge is -2.12. The summed E-state index contributed by atoms with van der Waals surface area (Å²) in [6, 6.07) is 16.9. The second kappa shape index (κ2) is 8.20. The fourth-order valence-corrected chi connectivity index (χ4v) is 2.09. The molecule has 1 atom stereocenters. The first-order valence-corrected chi connectivity index (χ1v) is 7.37. The summed E-state index contributed by atoms with van der Waals surface area (Å²) in [7, 11) is 0. The highest BCUT2D eigenvalue weighted by molar-refractivity contribution is 5.75. The minimum atomic E-state index is -0.649. The van der Waals surface area contributed by atoms with Gasteiger partial charge >= 0.3 is 5.97 Å². The standard InChI is InChI=1S/C18H21NO3/c1-2-21-18(20)17(19)12-15-9-6-10-16(11-15)22-13-14-7-4-3-5-8-14/h3-11,17H,2,12-13,19H2,1H3. The van der Waals surface area contributed by atoms with Gasteiger partial charge in [0.2, 0.25) is 0 Å². The normalized spacial score (nSPS) is 11.7. The van der Waals surface area contributed by atoms with Gasteiger partial charge in [-0.25, -0.2) is 0 Å². The molecule has 0 fully saturated rings. The van der Waals surface area contributed by atoms with E-state index in [-0.39, 0.29) is 5.97 Å². The molecule has 0 aliphatic rings. The molecule has 22 heavy (non-hydrogen) atoms. The van der Waals surface area contributed by atoms with Gasteiger partial charge in [-0.15, -0.1) is 0 Å². The van der Waals surface area contributed by atoms with Crippen molar-refractivity contribution in [3.05, 3.63) is 65.7 Å². The van der Waals surface area contributed by atoms with Gasteiger partial charge in [-0.05, 0) is 36.6 Å². The summed E-state index contributed by atoms with van der Waals surface area (Å²) in [6.07, 6.45) is 0.432. The minimum absolute atomic E-state index is 0.340. The molecule has 2 N–H and O–H groups in total. The molecule has 116 valence electrons. The zero-order valence-corrected chi connectivity index (χ0v) is 12.7. The molecule has 0 aliphatic carbocycles. The molecule has 1 unspecified atom stereocenters. The molecule has 2 aromatic carbocycles. The number of benzene rings is 2. The van der Waals surface area contributed by atoms with Gasteiger partial charge in [-0.3, -0.25) is 4.79 Å². The van der Waals surface area contributed by atoms with E-state index >= 15 is 0 Å². The van der Waals surface area contributed by atoms with Crippen LogP contribution in [0.3, 0.4) is 0 Å². The molecule has 0 aliphatic heterocycles. The maximum Gasteiger partial charge on any atom is 0.323 e. The third kappa shape index (κ3) is 4.90.